The van der Waals surface area contributed by atoms with Crippen molar-refractivity contribution in [2.75, 3.05) is 56.1 Å². The van der Waals surface area contributed by atoms with E-state index in [0.29, 0.717) is 34.9 Å². The van der Waals surface area contributed by atoms with Gasteiger partial charge < -0.3 is 25.3 Å². The molecule has 2 aliphatic rings. The lowest BCUT2D eigenvalue weighted by Crippen LogP contribution is -2.43. The average Bonchev–Trinajstić information content (AvgIpc) is 3.22. The number of hydrogen-bond acceptors (Lipinski definition) is 5. The summed E-state index contributed by atoms with van der Waals surface area (Å²) in [5.74, 6) is 0.148. The number of phenolic OH excluding ortho intramolecular Hbond substituents is 1. The SMILES string of the molecule is CN1CCN(c2ccc(-c3cccc(-c4cc(CO)cc(N5CCNCC5)c4)c3O)cc2Cl)C1=O. The average molecular weight is 493 g/mol. The number of piperazine rings is 1. The fraction of sp³-hybridized carbons (Fsp3) is 0.296. The van der Waals surface area contributed by atoms with Gasteiger partial charge in [0.15, 0.2) is 0 Å². The first-order chi connectivity index (χ1) is 17.0. The topological polar surface area (TPSA) is 79.3 Å². The van der Waals surface area contributed by atoms with Crippen molar-refractivity contribution in [2.24, 2.45) is 0 Å². The molecule has 0 unspecified atom stereocenters. The van der Waals surface area contributed by atoms with Crippen LogP contribution in [0.15, 0.2) is 54.6 Å². The minimum Gasteiger partial charge on any atom is -0.507 e. The predicted molar refractivity (Wildman–Crippen MR) is 140 cm³/mol. The molecule has 0 aliphatic carbocycles. The molecule has 2 heterocycles. The molecule has 3 aromatic carbocycles. The maximum atomic E-state index is 12.4. The third kappa shape index (κ3) is 4.55. The van der Waals surface area contributed by atoms with Crippen molar-refractivity contribution in [1.82, 2.24) is 10.2 Å². The summed E-state index contributed by atoms with van der Waals surface area (Å²) in [6.45, 7) is 4.77. The molecule has 8 heteroatoms. The van der Waals surface area contributed by atoms with Crippen LogP contribution in [0.1, 0.15) is 5.56 Å². The number of nitrogens with zero attached hydrogens (tertiary/aromatic N) is 3. The lowest BCUT2D eigenvalue weighted by atomic mass is 9.95. The highest BCUT2D eigenvalue weighted by Crippen LogP contribution is 2.41. The van der Waals surface area contributed by atoms with Crippen LogP contribution < -0.4 is 15.1 Å². The van der Waals surface area contributed by atoms with Crippen molar-refractivity contribution >= 4 is 29.0 Å². The van der Waals surface area contributed by atoms with Crippen LogP contribution in [0.25, 0.3) is 22.3 Å². The lowest BCUT2D eigenvalue weighted by Gasteiger charge is -2.30. The summed E-state index contributed by atoms with van der Waals surface area (Å²) < 4.78 is 0. The number of phenols is 1. The molecule has 0 spiro atoms. The summed E-state index contributed by atoms with van der Waals surface area (Å²) in [4.78, 5) is 18.0. The van der Waals surface area contributed by atoms with Crippen molar-refractivity contribution in [3.8, 4) is 28.0 Å². The molecule has 3 N–H and O–H groups in total. The van der Waals surface area contributed by atoms with Gasteiger partial charge in [0, 0.05) is 63.1 Å². The van der Waals surface area contributed by atoms with Gasteiger partial charge in [-0.3, -0.25) is 4.90 Å². The van der Waals surface area contributed by atoms with Crippen LogP contribution in [0.5, 0.6) is 5.75 Å². The summed E-state index contributed by atoms with van der Waals surface area (Å²) in [6, 6.07) is 17.0. The van der Waals surface area contributed by atoms with Gasteiger partial charge in [0.1, 0.15) is 5.75 Å². The van der Waals surface area contributed by atoms with E-state index in [1.165, 1.54) is 0 Å². The molecule has 7 nitrogen and oxygen atoms in total. The van der Waals surface area contributed by atoms with E-state index in [0.717, 1.165) is 48.6 Å². The highest BCUT2D eigenvalue weighted by atomic mass is 35.5. The van der Waals surface area contributed by atoms with E-state index in [1.54, 1.807) is 22.9 Å². The molecular formula is C27H29ClN4O3. The van der Waals surface area contributed by atoms with Crippen molar-refractivity contribution in [3.63, 3.8) is 0 Å². The van der Waals surface area contributed by atoms with E-state index in [-0.39, 0.29) is 18.4 Å². The van der Waals surface area contributed by atoms with Gasteiger partial charge in [-0.2, -0.15) is 0 Å². The second kappa shape index (κ2) is 9.77. The third-order valence-electron chi connectivity index (χ3n) is 6.76. The number of halogens is 1. The van der Waals surface area contributed by atoms with Gasteiger partial charge in [0.25, 0.3) is 0 Å². The van der Waals surface area contributed by atoms with Gasteiger partial charge in [-0.25, -0.2) is 4.79 Å². The summed E-state index contributed by atoms with van der Waals surface area (Å²) in [7, 11) is 1.77. The van der Waals surface area contributed by atoms with Crippen LogP contribution in [0, 0.1) is 0 Å². The molecule has 0 atom stereocenters. The molecule has 5 rings (SSSR count). The number of hydrogen-bond donors (Lipinski definition) is 3. The highest BCUT2D eigenvalue weighted by molar-refractivity contribution is 6.34. The Hall–Kier alpha value is -3.26. The maximum absolute atomic E-state index is 12.4. The Kier molecular flexibility index (Phi) is 6.56. The van der Waals surface area contributed by atoms with Gasteiger partial charge in [-0.1, -0.05) is 35.9 Å². The second-order valence-corrected chi connectivity index (χ2v) is 9.41. The molecule has 0 aromatic heterocycles. The van der Waals surface area contributed by atoms with Gasteiger partial charge >= 0.3 is 6.03 Å². The molecule has 2 fully saturated rings. The Morgan fingerprint density at radius 2 is 1.69 bits per heavy atom. The fourth-order valence-corrected chi connectivity index (χ4v) is 5.08. The summed E-state index contributed by atoms with van der Waals surface area (Å²) in [5, 5.41) is 25.0. The van der Waals surface area contributed by atoms with Gasteiger partial charge in [0.05, 0.1) is 17.3 Å². The summed E-state index contributed by atoms with van der Waals surface area (Å²) >= 11 is 6.60. The Morgan fingerprint density at radius 3 is 2.34 bits per heavy atom. The normalized spacial score (nSPS) is 16.3. The molecule has 0 bridgehead atoms. The van der Waals surface area contributed by atoms with Gasteiger partial charge in [-0.05, 0) is 47.0 Å². The zero-order valence-electron chi connectivity index (χ0n) is 19.7. The molecule has 0 saturated carbocycles. The molecular weight excluding hydrogens is 464 g/mol. The van der Waals surface area contributed by atoms with Crippen LogP contribution in [0.4, 0.5) is 16.2 Å². The Bertz CT molecular complexity index is 1260. The lowest BCUT2D eigenvalue weighted by molar-refractivity contribution is 0.229. The largest absolute Gasteiger partial charge is 0.507 e. The van der Waals surface area contributed by atoms with Crippen molar-refractivity contribution in [3.05, 3.63) is 65.2 Å². The monoisotopic (exact) mass is 492 g/mol. The highest BCUT2D eigenvalue weighted by Gasteiger charge is 2.28. The zero-order valence-corrected chi connectivity index (χ0v) is 20.4. The smallest absolute Gasteiger partial charge is 0.324 e. The number of rotatable bonds is 5. The summed E-state index contributed by atoms with van der Waals surface area (Å²) in [6.07, 6.45) is 0. The van der Waals surface area contributed by atoms with Gasteiger partial charge in [-0.15, -0.1) is 0 Å². The number of para-hydroxylation sites is 1. The summed E-state index contributed by atoms with van der Waals surface area (Å²) in [5.41, 5.74) is 5.44. The number of carbonyl (C=O) groups excluding carboxylic acids is 1. The number of amides is 2. The van der Waals surface area contributed by atoms with Crippen molar-refractivity contribution in [2.45, 2.75) is 6.61 Å². The standard InChI is InChI=1S/C27H29ClN4O3/c1-30-11-12-32(27(30)35)25-6-5-19(16-24(25)28)22-3-2-4-23(26(22)34)20-13-18(17-33)14-21(15-20)31-9-7-29-8-10-31/h2-6,13-16,29,33-34H,7-12,17H2,1H3. The van der Waals surface area contributed by atoms with Crippen molar-refractivity contribution < 1.29 is 15.0 Å². The number of aliphatic hydroxyl groups excluding tert-OH is 1. The maximum Gasteiger partial charge on any atom is 0.324 e. The number of likely N-dealkylation sites (N-methyl/N-ethyl adjacent to an activating group) is 1. The van der Waals surface area contributed by atoms with Crippen LogP contribution >= 0.6 is 11.6 Å². The molecule has 182 valence electrons. The molecule has 0 radical (unpaired) electrons. The quantitative estimate of drug-likeness (QED) is 0.498. The Balaban J connectivity index is 1.51. The van der Waals surface area contributed by atoms with Crippen molar-refractivity contribution in [1.29, 1.82) is 0 Å². The van der Waals surface area contributed by atoms with Crippen LogP contribution in [-0.4, -0.2) is 67.5 Å². The van der Waals surface area contributed by atoms with Crippen LogP contribution in [0.2, 0.25) is 5.02 Å². The Morgan fingerprint density at radius 1 is 0.943 bits per heavy atom. The van der Waals surface area contributed by atoms with Gasteiger partial charge in [0.2, 0.25) is 0 Å². The first-order valence-electron chi connectivity index (χ1n) is 11.8. The number of aliphatic hydroxyl groups is 1. The predicted octanol–water partition coefficient (Wildman–Crippen LogP) is 4.15. The number of anilines is 2. The molecule has 35 heavy (non-hydrogen) atoms. The first kappa shape index (κ1) is 23.5. The third-order valence-corrected chi connectivity index (χ3v) is 7.06. The Labute approximate surface area is 210 Å². The minimum absolute atomic E-state index is 0.0745. The molecule has 2 aliphatic heterocycles. The first-order valence-corrected chi connectivity index (χ1v) is 12.2. The number of urea groups is 1. The van der Waals surface area contributed by atoms with Crippen LogP contribution in [-0.2, 0) is 6.61 Å². The number of aromatic hydroxyl groups is 1. The van der Waals surface area contributed by atoms with E-state index < -0.39 is 0 Å². The number of nitrogens with one attached hydrogen (secondary N) is 1. The van der Waals surface area contributed by atoms with E-state index in [1.807, 2.05) is 42.5 Å². The van der Waals surface area contributed by atoms with E-state index in [4.69, 9.17) is 11.6 Å². The molecule has 2 amide bonds. The molecule has 3 aromatic rings. The number of carbonyl (C=O) groups is 1. The van der Waals surface area contributed by atoms with E-state index >= 15 is 0 Å². The number of benzene rings is 3. The molecule has 2 saturated heterocycles. The van der Waals surface area contributed by atoms with E-state index in [9.17, 15) is 15.0 Å². The fourth-order valence-electron chi connectivity index (χ4n) is 4.80. The van der Waals surface area contributed by atoms with Crippen LogP contribution in [0.3, 0.4) is 0 Å². The van der Waals surface area contributed by atoms with E-state index in [2.05, 4.69) is 16.3 Å². The zero-order chi connectivity index (χ0) is 24.5. The second-order valence-electron chi connectivity index (χ2n) is 9.01. The minimum atomic E-state index is -0.0754.